The standard InChI is InChI=1S/C33H32NO.C12H10N.Ir/c1-21-18-24(23-14-16-33(3,4)17-15-23)12-13-25(21)29-19-30(34-20-22(29)2)28-10-7-9-27-26-8-5-6-11-31(26)35-32(27)28;1-10-7-8-12(13-9-10)11-5-3-2-4-6-11;/h5-9,11-13,18-20,23H,14-17H2,1-4H3;2-5,7-9H,1H3;/q2*-1;/i1D3,2D3,23D;1D3;. The molecule has 3 heterocycles. The zero-order chi connectivity index (χ0) is 41.7. The smallest absolute Gasteiger partial charge is 0.120 e. The van der Waals surface area contributed by atoms with Gasteiger partial charge < -0.3 is 14.4 Å². The van der Waals surface area contributed by atoms with Gasteiger partial charge in [-0.2, -0.15) is 0 Å². The van der Waals surface area contributed by atoms with Crippen LogP contribution in [-0.4, -0.2) is 9.97 Å². The second kappa shape index (κ2) is 14.6. The molecule has 249 valence electrons. The number of pyridine rings is 2. The Labute approximate surface area is 318 Å². The zero-order valence-electron chi connectivity index (χ0n) is 37.4. The molecule has 1 fully saturated rings. The number of rotatable bonds is 4. The number of hydrogen-bond donors (Lipinski definition) is 0. The van der Waals surface area contributed by atoms with Crippen LogP contribution in [0, 0.1) is 38.1 Å². The van der Waals surface area contributed by atoms with E-state index in [2.05, 4.69) is 35.9 Å². The number of fused-ring (bicyclic) bond motifs is 3. The van der Waals surface area contributed by atoms with Crippen molar-refractivity contribution >= 4 is 21.9 Å². The number of hydrogen-bond acceptors (Lipinski definition) is 3. The van der Waals surface area contributed by atoms with Gasteiger partial charge in [-0.05, 0) is 108 Å². The van der Waals surface area contributed by atoms with Crippen LogP contribution in [0.5, 0.6) is 0 Å². The molecule has 0 bridgehead atoms. The topological polar surface area (TPSA) is 38.9 Å². The van der Waals surface area contributed by atoms with Crippen LogP contribution in [0.3, 0.4) is 0 Å². The van der Waals surface area contributed by atoms with Crippen LogP contribution < -0.4 is 0 Å². The fourth-order valence-electron chi connectivity index (χ4n) is 6.32. The van der Waals surface area contributed by atoms with Crippen molar-refractivity contribution < 1.29 is 38.2 Å². The summed E-state index contributed by atoms with van der Waals surface area (Å²) < 4.78 is 87.0. The summed E-state index contributed by atoms with van der Waals surface area (Å²) in [6.07, 6.45) is 5.72. The van der Waals surface area contributed by atoms with E-state index in [-0.39, 0.29) is 47.8 Å². The molecule has 0 spiro atoms. The maximum atomic E-state index is 9.23. The molecule has 3 nitrogen and oxygen atoms in total. The maximum Gasteiger partial charge on any atom is 0.120 e. The molecule has 0 unspecified atom stereocenters. The summed E-state index contributed by atoms with van der Waals surface area (Å²) in [7, 11) is 0. The van der Waals surface area contributed by atoms with Gasteiger partial charge in [0.15, 0.2) is 0 Å². The monoisotopic (exact) mass is 829 g/mol. The zero-order valence-corrected chi connectivity index (χ0v) is 29.8. The molecule has 49 heavy (non-hydrogen) atoms. The van der Waals surface area contributed by atoms with Crippen molar-refractivity contribution in [1.29, 1.82) is 0 Å². The molecular weight excluding hydrogens is 777 g/mol. The fourth-order valence-corrected chi connectivity index (χ4v) is 6.32. The third kappa shape index (κ3) is 7.47. The summed E-state index contributed by atoms with van der Waals surface area (Å²) in [5.74, 6) is -0.893. The van der Waals surface area contributed by atoms with E-state index < -0.39 is 26.4 Å². The van der Waals surface area contributed by atoms with Gasteiger partial charge >= 0.3 is 0 Å². The van der Waals surface area contributed by atoms with Gasteiger partial charge in [0.25, 0.3) is 0 Å². The SMILES string of the molecule is [2H]C([2H])([2H])c1ccc(-c2[c-]cccc2)nc1.[2H]C([2H])([2H])c1cnc(-c2[c-]ccc3c2oc2ccccc23)cc1-c1ccc(C2([2H])CCC(C)(C)CC2)cc1C([2H])([2H])[2H].[Ir]. The average Bonchev–Trinajstić information content (AvgIpc) is 3.57. The number of aryl methyl sites for hydroxylation is 3. The van der Waals surface area contributed by atoms with Crippen LogP contribution in [0.25, 0.3) is 55.6 Å². The van der Waals surface area contributed by atoms with Crippen molar-refractivity contribution in [2.75, 3.05) is 0 Å². The molecule has 3 aromatic heterocycles. The number of benzene rings is 4. The van der Waals surface area contributed by atoms with Crippen molar-refractivity contribution in [3.05, 3.63) is 144 Å². The van der Waals surface area contributed by atoms with Crippen LogP contribution in [0.4, 0.5) is 0 Å². The van der Waals surface area contributed by atoms with Crippen molar-refractivity contribution in [1.82, 2.24) is 9.97 Å². The van der Waals surface area contributed by atoms with E-state index in [4.69, 9.17) is 16.8 Å². The van der Waals surface area contributed by atoms with Gasteiger partial charge in [0, 0.05) is 51.6 Å². The van der Waals surface area contributed by atoms with Crippen molar-refractivity contribution in [3.63, 3.8) is 0 Å². The van der Waals surface area contributed by atoms with E-state index >= 15 is 0 Å². The first-order valence-corrected chi connectivity index (χ1v) is 16.2. The second-order valence-corrected chi connectivity index (χ2v) is 13.0. The third-order valence-electron chi connectivity index (χ3n) is 9.17. The van der Waals surface area contributed by atoms with Gasteiger partial charge in [-0.3, -0.25) is 0 Å². The van der Waals surface area contributed by atoms with Gasteiger partial charge in [-0.15, -0.1) is 54.1 Å². The Kier molecular flexibility index (Phi) is 7.13. The Morgan fingerprint density at radius 1 is 0.755 bits per heavy atom. The molecule has 1 radical (unpaired) electrons. The average molecular weight is 829 g/mol. The minimum Gasteiger partial charge on any atom is -0.501 e. The molecule has 7 aromatic rings. The largest absolute Gasteiger partial charge is 0.501 e. The first-order valence-electron chi connectivity index (χ1n) is 21.2. The predicted octanol–water partition coefficient (Wildman–Crippen LogP) is 12.3. The van der Waals surface area contributed by atoms with Crippen molar-refractivity contribution in [3.8, 4) is 33.6 Å². The molecule has 4 heteroatoms. The minimum atomic E-state index is -2.54. The van der Waals surface area contributed by atoms with E-state index in [9.17, 15) is 1.37 Å². The van der Waals surface area contributed by atoms with Gasteiger partial charge in [0.2, 0.25) is 0 Å². The summed E-state index contributed by atoms with van der Waals surface area (Å²) >= 11 is 0. The number of aromatic nitrogens is 2. The van der Waals surface area contributed by atoms with Gasteiger partial charge in [-0.1, -0.05) is 79.4 Å². The molecule has 0 atom stereocenters. The minimum absolute atomic E-state index is 0. The number of nitrogens with zero attached hydrogens (tertiary/aromatic N) is 2. The first kappa shape index (κ1) is 23.9. The Morgan fingerprint density at radius 3 is 2.33 bits per heavy atom. The van der Waals surface area contributed by atoms with Crippen LogP contribution in [0.15, 0.2) is 114 Å². The van der Waals surface area contributed by atoms with Crippen LogP contribution >= 0.6 is 0 Å². The molecule has 1 aliphatic rings. The van der Waals surface area contributed by atoms with Gasteiger partial charge in [0.05, 0.1) is 5.58 Å². The summed E-state index contributed by atoms with van der Waals surface area (Å²) in [6, 6.07) is 35.1. The van der Waals surface area contributed by atoms with Crippen LogP contribution in [0.1, 0.15) is 81.4 Å². The van der Waals surface area contributed by atoms with Gasteiger partial charge in [0.1, 0.15) is 5.58 Å². The molecule has 0 N–H and O–H groups in total. The summed E-state index contributed by atoms with van der Waals surface area (Å²) in [5.41, 5.74) is 5.47. The van der Waals surface area contributed by atoms with Crippen LogP contribution in [-0.2, 0) is 20.1 Å². The van der Waals surface area contributed by atoms with E-state index in [1.165, 1.54) is 12.4 Å². The third-order valence-corrected chi connectivity index (χ3v) is 9.17. The molecule has 4 aromatic carbocycles. The molecule has 0 amide bonds. The van der Waals surface area contributed by atoms with Crippen LogP contribution in [0.2, 0.25) is 0 Å². The molecule has 0 saturated heterocycles. The Morgan fingerprint density at radius 2 is 1.57 bits per heavy atom. The first-order chi connectivity index (χ1) is 27.2. The van der Waals surface area contributed by atoms with Crippen molar-refractivity contribution in [2.45, 2.75) is 66.0 Å². The second-order valence-electron chi connectivity index (χ2n) is 13.0. The van der Waals surface area contributed by atoms with E-state index in [0.717, 1.165) is 34.9 Å². The summed E-state index contributed by atoms with van der Waals surface area (Å²) in [6.45, 7) is -2.76. The van der Waals surface area contributed by atoms with E-state index in [1.807, 2.05) is 48.5 Å². The molecule has 8 rings (SSSR count). The normalized spacial score (nSPS) is 18.7. The summed E-state index contributed by atoms with van der Waals surface area (Å²) in [4.78, 5) is 8.63. The number of para-hydroxylation sites is 1. The molecule has 1 saturated carbocycles. The maximum absolute atomic E-state index is 9.23. The quantitative estimate of drug-likeness (QED) is 0.166. The molecular formula is C45H42IrN2O-2. The Hall–Kier alpha value is -4.37. The van der Waals surface area contributed by atoms with Gasteiger partial charge in [-0.25, -0.2) is 0 Å². The Bertz CT molecular complexity index is 2570. The molecule has 0 aliphatic heterocycles. The fraction of sp³-hybridized carbons (Fsp3) is 0.244. The Balaban J connectivity index is 0.000000289. The van der Waals surface area contributed by atoms with E-state index in [1.54, 1.807) is 48.5 Å². The summed E-state index contributed by atoms with van der Waals surface area (Å²) in [5, 5.41) is 1.82. The number of furan rings is 1. The molecule has 1 aliphatic carbocycles. The van der Waals surface area contributed by atoms with E-state index in [0.29, 0.717) is 46.4 Å². The predicted molar refractivity (Wildman–Crippen MR) is 199 cm³/mol. The van der Waals surface area contributed by atoms with Crippen molar-refractivity contribution in [2.24, 2.45) is 5.41 Å².